The number of benzene rings is 2. The molecule has 1 amide bonds. The van der Waals surface area contributed by atoms with Gasteiger partial charge in [0.05, 0.1) is 6.20 Å². The number of nitrogens with one attached hydrogen (secondary N) is 1. The van der Waals surface area contributed by atoms with Gasteiger partial charge in [0.25, 0.3) is 5.56 Å². The summed E-state index contributed by atoms with van der Waals surface area (Å²) in [4.78, 5) is 25.0. The number of hydrogen-bond acceptors (Lipinski definition) is 3. The zero-order valence-corrected chi connectivity index (χ0v) is 17.4. The molecule has 6 nitrogen and oxygen atoms in total. The van der Waals surface area contributed by atoms with Gasteiger partial charge in [-0.2, -0.15) is 5.10 Å². The van der Waals surface area contributed by atoms with Gasteiger partial charge in [-0.25, -0.2) is 4.68 Å². The van der Waals surface area contributed by atoms with Gasteiger partial charge in [0.15, 0.2) is 0 Å². The second-order valence-electron chi connectivity index (χ2n) is 7.63. The zero-order chi connectivity index (χ0) is 21.1. The Hall–Kier alpha value is -3.41. The molecule has 0 atom stereocenters. The molecule has 1 N–H and O–H groups in total. The van der Waals surface area contributed by atoms with Crippen LogP contribution in [0.15, 0.2) is 59.5 Å². The summed E-state index contributed by atoms with van der Waals surface area (Å²) in [5.41, 5.74) is 4.03. The lowest BCUT2D eigenvalue weighted by Crippen LogP contribution is -2.26. The van der Waals surface area contributed by atoms with Crippen molar-refractivity contribution in [2.24, 2.45) is 7.05 Å². The summed E-state index contributed by atoms with van der Waals surface area (Å²) in [5.74, 6) is 0.0407. The van der Waals surface area contributed by atoms with Crippen LogP contribution in [0.1, 0.15) is 24.0 Å². The fraction of sp³-hybridized carbons (Fsp3) is 0.292. The smallest absolute Gasteiger partial charge is 0.291 e. The van der Waals surface area contributed by atoms with E-state index >= 15 is 0 Å². The third kappa shape index (κ3) is 3.85. The van der Waals surface area contributed by atoms with Crippen molar-refractivity contribution in [2.75, 3.05) is 6.54 Å². The number of amides is 1. The summed E-state index contributed by atoms with van der Waals surface area (Å²) in [6.07, 6.45) is 3.66. The third-order valence-electron chi connectivity index (χ3n) is 5.63. The van der Waals surface area contributed by atoms with Crippen LogP contribution in [0, 0.1) is 6.92 Å². The van der Waals surface area contributed by atoms with Crippen molar-refractivity contribution in [3.05, 3.63) is 76.2 Å². The average Bonchev–Trinajstić information content (AvgIpc) is 3.07. The second-order valence-corrected chi connectivity index (χ2v) is 7.63. The molecule has 0 bridgehead atoms. The molecule has 0 aliphatic heterocycles. The van der Waals surface area contributed by atoms with Crippen LogP contribution < -0.4 is 10.9 Å². The predicted octanol–water partition coefficient (Wildman–Crippen LogP) is 3.34. The molecule has 0 radical (unpaired) electrons. The van der Waals surface area contributed by atoms with Gasteiger partial charge in [0.2, 0.25) is 5.91 Å². The Kier molecular flexibility index (Phi) is 5.65. The Morgan fingerprint density at radius 1 is 1.07 bits per heavy atom. The van der Waals surface area contributed by atoms with Crippen LogP contribution in [0.5, 0.6) is 0 Å². The van der Waals surface area contributed by atoms with Gasteiger partial charge >= 0.3 is 0 Å². The molecule has 0 fully saturated rings. The van der Waals surface area contributed by atoms with Crippen molar-refractivity contribution < 1.29 is 4.79 Å². The van der Waals surface area contributed by atoms with Crippen molar-refractivity contribution in [3.63, 3.8) is 0 Å². The van der Waals surface area contributed by atoms with Crippen LogP contribution in [-0.2, 0) is 24.8 Å². The fourth-order valence-corrected chi connectivity index (χ4v) is 3.99. The number of rotatable bonds is 7. The number of carbonyl (C=O) groups is 1. The molecular weight excluding hydrogens is 376 g/mol. The molecule has 30 heavy (non-hydrogen) atoms. The van der Waals surface area contributed by atoms with Crippen molar-refractivity contribution in [1.82, 2.24) is 19.7 Å². The monoisotopic (exact) mass is 402 g/mol. The van der Waals surface area contributed by atoms with Crippen LogP contribution in [-0.4, -0.2) is 26.8 Å². The number of para-hydroxylation sites is 1. The van der Waals surface area contributed by atoms with Crippen molar-refractivity contribution in [3.8, 4) is 0 Å². The van der Waals surface area contributed by atoms with Gasteiger partial charge in [-0.15, -0.1) is 0 Å². The van der Waals surface area contributed by atoms with Gasteiger partial charge in [-0.3, -0.25) is 9.59 Å². The highest BCUT2D eigenvalue weighted by Crippen LogP contribution is 2.26. The number of carbonyl (C=O) groups excluding carboxylic acids is 1. The predicted molar refractivity (Wildman–Crippen MR) is 120 cm³/mol. The molecule has 4 rings (SSSR count). The topological polar surface area (TPSA) is 68.9 Å². The van der Waals surface area contributed by atoms with E-state index in [4.69, 9.17) is 0 Å². The number of hydrogen-bond donors (Lipinski definition) is 1. The summed E-state index contributed by atoms with van der Waals surface area (Å²) in [6.45, 7) is 3.32. The van der Waals surface area contributed by atoms with E-state index in [2.05, 4.69) is 29.5 Å². The first-order chi connectivity index (χ1) is 14.6. The Balaban J connectivity index is 1.42. The van der Waals surface area contributed by atoms with E-state index in [1.54, 1.807) is 13.2 Å². The van der Waals surface area contributed by atoms with E-state index in [0.29, 0.717) is 31.4 Å². The van der Waals surface area contributed by atoms with E-state index in [1.165, 1.54) is 15.8 Å². The minimum atomic E-state index is -0.119. The molecule has 0 saturated carbocycles. The molecule has 0 unspecified atom stereocenters. The fourth-order valence-electron chi connectivity index (χ4n) is 3.99. The minimum absolute atomic E-state index is 0.0407. The van der Waals surface area contributed by atoms with E-state index in [-0.39, 0.29) is 11.5 Å². The molecule has 6 heteroatoms. The number of aromatic nitrogens is 3. The molecule has 0 aliphatic rings. The Bertz CT molecular complexity index is 1270. The van der Waals surface area contributed by atoms with Crippen LogP contribution in [0.4, 0.5) is 0 Å². The van der Waals surface area contributed by atoms with E-state index in [1.807, 2.05) is 41.0 Å². The Morgan fingerprint density at radius 3 is 2.67 bits per heavy atom. The normalized spacial score (nSPS) is 11.3. The van der Waals surface area contributed by atoms with Gasteiger partial charge in [0.1, 0.15) is 5.52 Å². The molecule has 154 valence electrons. The maximum absolute atomic E-state index is 12.7. The highest BCUT2D eigenvalue weighted by Gasteiger charge is 2.15. The summed E-state index contributed by atoms with van der Waals surface area (Å²) in [7, 11) is 1.66. The maximum atomic E-state index is 12.7. The Labute approximate surface area is 175 Å². The second kappa shape index (κ2) is 8.53. The molecule has 0 aliphatic carbocycles. The van der Waals surface area contributed by atoms with Crippen molar-refractivity contribution in [1.29, 1.82) is 0 Å². The van der Waals surface area contributed by atoms with Crippen LogP contribution in [0.25, 0.3) is 21.8 Å². The zero-order valence-electron chi connectivity index (χ0n) is 17.4. The van der Waals surface area contributed by atoms with Gasteiger partial charge in [-0.1, -0.05) is 42.5 Å². The first kappa shape index (κ1) is 19.9. The molecular formula is C24H26N4O2. The highest BCUT2D eigenvalue weighted by molar-refractivity contribution is 6.07. The Morgan fingerprint density at radius 2 is 1.83 bits per heavy atom. The molecule has 2 aromatic carbocycles. The van der Waals surface area contributed by atoms with E-state index in [0.717, 1.165) is 22.7 Å². The lowest BCUT2D eigenvalue weighted by atomic mass is 10.1. The first-order valence-corrected chi connectivity index (χ1v) is 10.3. The third-order valence-corrected chi connectivity index (χ3v) is 5.63. The number of fused-ring (bicyclic) bond motifs is 3. The average molecular weight is 402 g/mol. The maximum Gasteiger partial charge on any atom is 0.291 e. The van der Waals surface area contributed by atoms with Crippen LogP contribution in [0.2, 0.25) is 0 Å². The lowest BCUT2D eigenvalue weighted by molar-refractivity contribution is -0.121. The van der Waals surface area contributed by atoms with Gasteiger partial charge in [0, 0.05) is 42.8 Å². The molecule has 0 spiro atoms. The van der Waals surface area contributed by atoms with Crippen LogP contribution in [0.3, 0.4) is 0 Å². The van der Waals surface area contributed by atoms with Crippen LogP contribution >= 0.6 is 0 Å². The highest BCUT2D eigenvalue weighted by atomic mass is 16.1. The van der Waals surface area contributed by atoms with E-state index in [9.17, 15) is 9.59 Å². The lowest BCUT2D eigenvalue weighted by Gasteiger charge is -2.09. The molecule has 2 heterocycles. The van der Waals surface area contributed by atoms with Crippen molar-refractivity contribution in [2.45, 2.75) is 32.7 Å². The van der Waals surface area contributed by atoms with E-state index < -0.39 is 0 Å². The summed E-state index contributed by atoms with van der Waals surface area (Å²) < 4.78 is 3.38. The first-order valence-electron chi connectivity index (χ1n) is 10.3. The van der Waals surface area contributed by atoms with Gasteiger partial charge < -0.3 is 9.88 Å². The van der Waals surface area contributed by atoms with Crippen molar-refractivity contribution >= 4 is 27.7 Å². The van der Waals surface area contributed by atoms with Gasteiger partial charge in [-0.05, 0) is 37.0 Å². The standard InChI is InChI=1S/C24H26N4O2/c1-17-8-3-4-9-18(17)13-14-25-22(29)12-7-15-28-21-11-6-5-10-19(21)20-16-26-27(2)24(30)23(20)28/h3-6,8-11,16H,7,12-15H2,1-2H3,(H,25,29). The quantitative estimate of drug-likeness (QED) is 0.516. The number of aryl methyl sites for hydroxylation is 3. The minimum Gasteiger partial charge on any atom is -0.356 e. The molecule has 2 aromatic heterocycles. The molecule has 0 saturated heterocycles. The summed E-state index contributed by atoms with van der Waals surface area (Å²) >= 11 is 0. The summed E-state index contributed by atoms with van der Waals surface area (Å²) in [5, 5.41) is 9.05. The molecule has 4 aromatic rings. The SMILES string of the molecule is Cc1ccccc1CCNC(=O)CCCn1c2ccccc2c2cnn(C)c(=O)c21. The summed E-state index contributed by atoms with van der Waals surface area (Å²) in [6, 6.07) is 16.2. The largest absolute Gasteiger partial charge is 0.356 e. The number of nitrogens with zero attached hydrogens (tertiary/aromatic N) is 3.